The molecule has 1 fully saturated rings. The first-order chi connectivity index (χ1) is 7.66. The summed E-state index contributed by atoms with van der Waals surface area (Å²) in [7, 11) is 4.33. The van der Waals surface area contributed by atoms with Crippen molar-refractivity contribution in [3.63, 3.8) is 0 Å². The summed E-state index contributed by atoms with van der Waals surface area (Å²) in [5, 5.41) is 0. The van der Waals surface area contributed by atoms with Crippen LogP contribution in [0.4, 0.5) is 0 Å². The second-order valence-electron chi connectivity index (χ2n) is 4.81. The summed E-state index contributed by atoms with van der Waals surface area (Å²) >= 11 is 0. The Morgan fingerprint density at radius 3 is 2.06 bits per heavy atom. The summed E-state index contributed by atoms with van der Waals surface area (Å²) in [6.45, 7) is 5.42. The second kappa shape index (κ2) is 4.95. The molecule has 1 heterocycles. The van der Waals surface area contributed by atoms with Crippen LogP contribution in [-0.4, -0.2) is 48.8 Å². The van der Waals surface area contributed by atoms with Gasteiger partial charge in [-0.1, -0.05) is 30.3 Å². The predicted molar refractivity (Wildman–Crippen MR) is 66.8 cm³/mol. The average molecular weight is 219 g/mol. The molecule has 2 rings (SSSR count). The molecule has 88 valence electrons. The lowest BCUT2D eigenvalue weighted by Gasteiger charge is -2.42. The molecule has 0 spiro atoms. The lowest BCUT2D eigenvalue weighted by Crippen LogP contribution is -2.52. The van der Waals surface area contributed by atoms with Gasteiger partial charge in [0.05, 0.1) is 20.0 Å². The van der Waals surface area contributed by atoms with Crippen molar-refractivity contribution in [1.29, 1.82) is 0 Å². The molecule has 0 N–H and O–H groups in total. The highest BCUT2D eigenvalue weighted by Crippen LogP contribution is 2.21. The highest BCUT2D eigenvalue weighted by atomic mass is 15.5. The molecular formula is C13H21N3. The standard InChI is InChI=1S/C13H21N3/c1-12(13-7-5-4-6-8-13)16-10-14(2)9-15(3)11-16/h4-8,12H,9-11H2,1-3H3/t12-/m1/s1. The van der Waals surface area contributed by atoms with Gasteiger partial charge in [0, 0.05) is 6.04 Å². The number of hydrogen-bond acceptors (Lipinski definition) is 3. The van der Waals surface area contributed by atoms with Crippen molar-refractivity contribution in [2.24, 2.45) is 0 Å². The molecular weight excluding hydrogens is 198 g/mol. The first kappa shape index (κ1) is 11.6. The monoisotopic (exact) mass is 219 g/mol. The summed E-state index contributed by atoms with van der Waals surface area (Å²) in [5.74, 6) is 0. The zero-order valence-electron chi connectivity index (χ0n) is 10.4. The lowest BCUT2D eigenvalue weighted by atomic mass is 10.1. The van der Waals surface area contributed by atoms with Gasteiger partial charge in [0.2, 0.25) is 0 Å². The van der Waals surface area contributed by atoms with Crippen LogP contribution in [0.3, 0.4) is 0 Å². The van der Waals surface area contributed by atoms with Crippen LogP contribution in [0.2, 0.25) is 0 Å². The van der Waals surface area contributed by atoms with Crippen LogP contribution < -0.4 is 0 Å². The molecule has 3 heteroatoms. The van der Waals surface area contributed by atoms with Gasteiger partial charge in [-0.25, -0.2) is 0 Å². The Labute approximate surface area is 98.3 Å². The maximum Gasteiger partial charge on any atom is 0.0532 e. The third-order valence-corrected chi connectivity index (χ3v) is 3.16. The van der Waals surface area contributed by atoms with Crippen molar-refractivity contribution in [3.05, 3.63) is 35.9 Å². The fourth-order valence-electron chi connectivity index (χ4n) is 2.35. The molecule has 0 radical (unpaired) electrons. The molecule has 0 saturated carbocycles. The molecule has 1 aromatic carbocycles. The molecule has 0 unspecified atom stereocenters. The van der Waals surface area contributed by atoms with E-state index in [1.54, 1.807) is 0 Å². The number of nitrogens with zero attached hydrogens (tertiary/aromatic N) is 3. The zero-order valence-corrected chi connectivity index (χ0v) is 10.4. The molecule has 0 aliphatic carbocycles. The second-order valence-corrected chi connectivity index (χ2v) is 4.81. The van der Waals surface area contributed by atoms with Crippen molar-refractivity contribution in [2.45, 2.75) is 13.0 Å². The van der Waals surface area contributed by atoms with E-state index in [1.165, 1.54) is 5.56 Å². The Kier molecular flexibility index (Phi) is 3.59. The van der Waals surface area contributed by atoms with Crippen molar-refractivity contribution in [1.82, 2.24) is 14.7 Å². The Balaban J connectivity index is 2.07. The van der Waals surface area contributed by atoms with Gasteiger partial charge in [0.1, 0.15) is 0 Å². The molecule has 0 aromatic heterocycles. The fraction of sp³-hybridized carbons (Fsp3) is 0.538. The Bertz CT molecular complexity index is 315. The van der Waals surface area contributed by atoms with Gasteiger partial charge in [-0.3, -0.25) is 14.7 Å². The SMILES string of the molecule is C[C@H](c1ccccc1)N1CN(C)CN(C)C1. The number of rotatable bonds is 2. The normalized spacial score (nSPS) is 22.2. The molecule has 1 aromatic rings. The molecule has 0 amide bonds. The van der Waals surface area contributed by atoms with Gasteiger partial charge in [0.15, 0.2) is 0 Å². The Hall–Kier alpha value is -0.900. The Morgan fingerprint density at radius 1 is 0.938 bits per heavy atom. The van der Waals surface area contributed by atoms with Gasteiger partial charge >= 0.3 is 0 Å². The molecule has 1 atom stereocenters. The van der Waals surface area contributed by atoms with E-state index in [2.05, 4.69) is 66.1 Å². The van der Waals surface area contributed by atoms with Crippen LogP contribution >= 0.6 is 0 Å². The predicted octanol–water partition coefficient (Wildman–Crippen LogP) is 1.80. The average Bonchev–Trinajstić information content (AvgIpc) is 2.28. The van der Waals surface area contributed by atoms with E-state index < -0.39 is 0 Å². The smallest absolute Gasteiger partial charge is 0.0532 e. The van der Waals surface area contributed by atoms with Gasteiger partial charge in [-0.2, -0.15) is 0 Å². The van der Waals surface area contributed by atoms with Crippen molar-refractivity contribution < 1.29 is 0 Å². The van der Waals surface area contributed by atoms with Crippen LogP contribution in [0.15, 0.2) is 30.3 Å². The summed E-state index contributed by atoms with van der Waals surface area (Å²) in [6.07, 6.45) is 0. The van der Waals surface area contributed by atoms with Crippen LogP contribution in [-0.2, 0) is 0 Å². The van der Waals surface area contributed by atoms with Gasteiger partial charge in [-0.15, -0.1) is 0 Å². The van der Waals surface area contributed by atoms with Crippen molar-refractivity contribution in [2.75, 3.05) is 34.1 Å². The van der Waals surface area contributed by atoms with Crippen LogP contribution in [0.25, 0.3) is 0 Å². The molecule has 1 aliphatic rings. The quantitative estimate of drug-likeness (QED) is 0.751. The van der Waals surface area contributed by atoms with Gasteiger partial charge in [0.25, 0.3) is 0 Å². The van der Waals surface area contributed by atoms with E-state index in [4.69, 9.17) is 0 Å². The van der Waals surface area contributed by atoms with E-state index in [0.717, 1.165) is 20.0 Å². The first-order valence-electron chi connectivity index (χ1n) is 5.83. The van der Waals surface area contributed by atoms with E-state index in [9.17, 15) is 0 Å². The van der Waals surface area contributed by atoms with Gasteiger partial charge < -0.3 is 0 Å². The minimum absolute atomic E-state index is 0.478. The van der Waals surface area contributed by atoms with E-state index in [1.807, 2.05) is 0 Å². The zero-order chi connectivity index (χ0) is 11.5. The maximum atomic E-state index is 2.48. The molecule has 0 bridgehead atoms. The minimum Gasteiger partial charge on any atom is -0.280 e. The van der Waals surface area contributed by atoms with Crippen molar-refractivity contribution in [3.8, 4) is 0 Å². The molecule has 1 saturated heterocycles. The van der Waals surface area contributed by atoms with E-state index >= 15 is 0 Å². The third kappa shape index (κ3) is 2.61. The largest absolute Gasteiger partial charge is 0.280 e. The maximum absolute atomic E-state index is 2.48. The topological polar surface area (TPSA) is 9.72 Å². The van der Waals surface area contributed by atoms with Crippen LogP contribution in [0.1, 0.15) is 18.5 Å². The highest BCUT2D eigenvalue weighted by molar-refractivity contribution is 5.18. The third-order valence-electron chi connectivity index (χ3n) is 3.16. The first-order valence-corrected chi connectivity index (χ1v) is 5.83. The Morgan fingerprint density at radius 2 is 1.50 bits per heavy atom. The van der Waals surface area contributed by atoms with E-state index in [0.29, 0.717) is 6.04 Å². The highest BCUT2D eigenvalue weighted by Gasteiger charge is 2.23. The van der Waals surface area contributed by atoms with Crippen LogP contribution in [0.5, 0.6) is 0 Å². The summed E-state index contributed by atoms with van der Waals surface area (Å²) < 4.78 is 0. The minimum atomic E-state index is 0.478. The van der Waals surface area contributed by atoms with Crippen molar-refractivity contribution >= 4 is 0 Å². The van der Waals surface area contributed by atoms with Crippen LogP contribution in [0, 0.1) is 0 Å². The molecule has 16 heavy (non-hydrogen) atoms. The molecule has 1 aliphatic heterocycles. The summed E-state index contributed by atoms with van der Waals surface area (Å²) in [6, 6.07) is 11.2. The fourth-order valence-corrected chi connectivity index (χ4v) is 2.35. The summed E-state index contributed by atoms with van der Waals surface area (Å²) in [4.78, 5) is 7.16. The van der Waals surface area contributed by atoms with E-state index in [-0.39, 0.29) is 0 Å². The van der Waals surface area contributed by atoms with Gasteiger partial charge in [-0.05, 0) is 26.6 Å². The number of benzene rings is 1. The number of hydrogen-bond donors (Lipinski definition) is 0. The summed E-state index contributed by atoms with van der Waals surface area (Å²) in [5.41, 5.74) is 1.39. The lowest BCUT2D eigenvalue weighted by molar-refractivity contribution is -0.0228. The molecule has 3 nitrogen and oxygen atoms in total.